The molecule has 2 heterocycles. The van der Waals surface area contributed by atoms with Crippen LogP contribution in [0, 0.1) is 5.82 Å². The number of hydrogen-bond donors (Lipinski definition) is 3. The summed E-state index contributed by atoms with van der Waals surface area (Å²) in [6.45, 7) is 0.135. The number of hydrogen-bond acceptors (Lipinski definition) is 6. The number of anilines is 3. The van der Waals surface area contributed by atoms with E-state index in [1.807, 2.05) is 0 Å². The van der Waals surface area contributed by atoms with Gasteiger partial charge < -0.3 is 15.7 Å². The minimum absolute atomic E-state index is 0.0208. The quantitative estimate of drug-likeness (QED) is 0.494. The van der Waals surface area contributed by atoms with Crippen molar-refractivity contribution in [3.05, 3.63) is 58.8 Å². The summed E-state index contributed by atoms with van der Waals surface area (Å²) in [6, 6.07) is 2.29. The Morgan fingerprint density at radius 2 is 2.00 bits per heavy atom. The third-order valence-corrected chi connectivity index (χ3v) is 4.07. The molecule has 2 aromatic heterocycles. The van der Waals surface area contributed by atoms with Crippen molar-refractivity contribution in [3.63, 3.8) is 0 Å². The van der Waals surface area contributed by atoms with Gasteiger partial charge in [-0.25, -0.2) is 9.37 Å². The number of nitrogens with zero attached hydrogens (tertiary/aromatic N) is 4. The summed E-state index contributed by atoms with van der Waals surface area (Å²) in [4.78, 5) is 8.19. The first-order chi connectivity index (χ1) is 13.8. The highest BCUT2D eigenvalue weighted by molar-refractivity contribution is 6.32. The molecule has 12 heteroatoms. The first-order valence-electron chi connectivity index (χ1n) is 8.28. The van der Waals surface area contributed by atoms with Gasteiger partial charge in [0.25, 0.3) is 0 Å². The molecule has 1 aromatic carbocycles. The van der Waals surface area contributed by atoms with E-state index in [0.29, 0.717) is 18.3 Å². The smallest absolute Gasteiger partial charge is 0.394 e. The summed E-state index contributed by atoms with van der Waals surface area (Å²) in [7, 11) is 0. The second-order valence-corrected chi connectivity index (χ2v) is 6.30. The first-order valence-corrected chi connectivity index (χ1v) is 8.66. The van der Waals surface area contributed by atoms with E-state index in [1.165, 1.54) is 17.1 Å². The average Bonchev–Trinajstić information content (AvgIpc) is 3.09. The highest BCUT2D eigenvalue weighted by atomic mass is 35.5. The summed E-state index contributed by atoms with van der Waals surface area (Å²) in [6.07, 6.45) is -0.147. The predicted octanol–water partition coefficient (Wildman–Crippen LogP) is 3.83. The SMILES string of the molecule is OCCn1cc(Nc2ncc(Cl)c(NCc3ccc(C(F)(F)F)cc3F)n2)cn1. The third-order valence-electron chi connectivity index (χ3n) is 3.79. The lowest BCUT2D eigenvalue weighted by molar-refractivity contribution is -0.137. The molecule has 0 saturated heterocycles. The number of benzene rings is 1. The topological polar surface area (TPSA) is 87.9 Å². The molecule has 0 radical (unpaired) electrons. The monoisotopic (exact) mass is 430 g/mol. The van der Waals surface area contributed by atoms with E-state index in [9.17, 15) is 17.6 Å². The van der Waals surface area contributed by atoms with Crippen molar-refractivity contribution in [3.8, 4) is 0 Å². The highest BCUT2D eigenvalue weighted by Gasteiger charge is 2.31. The van der Waals surface area contributed by atoms with E-state index in [2.05, 4.69) is 25.7 Å². The summed E-state index contributed by atoms with van der Waals surface area (Å²) in [5.74, 6) is -0.647. The molecule has 3 N–H and O–H groups in total. The minimum Gasteiger partial charge on any atom is -0.394 e. The molecule has 0 fully saturated rings. The van der Waals surface area contributed by atoms with Crippen LogP contribution in [0.4, 0.5) is 35.0 Å². The Labute approximate surface area is 167 Å². The second-order valence-electron chi connectivity index (χ2n) is 5.89. The van der Waals surface area contributed by atoms with Crippen LogP contribution in [0.5, 0.6) is 0 Å². The van der Waals surface area contributed by atoms with Crippen LogP contribution in [0.1, 0.15) is 11.1 Å². The third kappa shape index (κ3) is 5.33. The number of aliphatic hydroxyl groups is 1. The lowest BCUT2D eigenvalue weighted by Gasteiger charge is -2.12. The minimum atomic E-state index is -4.62. The molecule has 0 atom stereocenters. The van der Waals surface area contributed by atoms with Gasteiger partial charge in [0.2, 0.25) is 5.95 Å². The second kappa shape index (κ2) is 8.62. The van der Waals surface area contributed by atoms with Crippen LogP contribution in [0.25, 0.3) is 0 Å². The molecule has 3 rings (SSSR count). The van der Waals surface area contributed by atoms with Crippen LogP contribution in [0.2, 0.25) is 5.02 Å². The van der Waals surface area contributed by atoms with Crippen molar-refractivity contribution in [1.29, 1.82) is 0 Å². The number of alkyl halides is 3. The van der Waals surface area contributed by atoms with Crippen LogP contribution in [-0.4, -0.2) is 31.5 Å². The van der Waals surface area contributed by atoms with Crippen LogP contribution in [0.3, 0.4) is 0 Å². The molecule has 0 amide bonds. The molecular weight excluding hydrogens is 416 g/mol. The molecule has 0 saturated carbocycles. The van der Waals surface area contributed by atoms with E-state index in [0.717, 1.165) is 12.1 Å². The molecule has 29 heavy (non-hydrogen) atoms. The number of rotatable bonds is 7. The maximum atomic E-state index is 14.0. The Hall–Kier alpha value is -2.92. The molecule has 0 aliphatic rings. The van der Waals surface area contributed by atoms with Crippen molar-refractivity contribution in [2.24, 2.45) is 0 Å². The zero-order chi connectivity index (χ0) is 21.0. The van der Waals surface area contributed by atoms with Gasteiger partial charge in [0.05, 0.1) is 36.8 Å². The maximum absolute atomic E-state index is 14.0. The zero-order valence-electron chi connectivity index (χ0n) is 14.7. The fourth-order valence-electron chi connectivity index (χ4n) is 2.38. The van der Waals surface area contributed by atoms with Gasteiger partial charge in [0.15, 0.2) is 5.82 Å². The van der Waals surface area contributed by atoms with E-state index >= 15 is 0 Å². The number of aliphatic hydroxyl groups excluding tert-OH is 1. The largest absolute Gasteiger partial charge is 0.416 e. The van der Waals surface area contributed by atoms with Crippen molar-refractivity contribution in [2.45, 2.75) is 19.3 Å². The summed E-state index contributed by atoms with van der Waals surface area (Å²) in [5, 5.41) is 18.8. The maximum Gasteiger partial charge on any atom is 0.416 e. The normalized spacial score (nSPS) is 11.5. The van der Waals surface area contributed by atoms with Crippen LogP contribution < -0.4 is 10.6 Å². The highest BCUT2D eigenvalue weighted by Crippen LogP contribution is 2.30. The molecule has 7 nitrogen and oxygen atoms in total. The Bertz CT molecular complexity index is 994. The van der Waals surface area contributed by atoms with E-state index in [1.54, 1.807) is 6.20 Å². The fraction of sp³-hybridized carbons (Fsp3) is 0.235. The lowest BCUT2D eigenvalue weighted by Crippen LogP contribution is -2.09. The van der Waals surface area contributed by atoms with Crippen LogP contribution in [-0.2, 0) is 19.3 Å². The molecule has 0 aliphatic heterocycles. The van der Waals surface area contributed by atoms with Gasteiger partial charge in [-0.3, -0.25) is 4.68 Å². The van der Waals surface area contributed by atoms with Gasteiger partial charge in [0.1, 0.15) is 10.8 Å². The number of aromatic nitrogens is 4. The molecule has 154 valence electrons. The van der Waals surface area contributed by atoms with Crippen molar-refractivity contribution in [1.82, 2.24) is 19.7 Å². The summed E-state index contributed by atoms with van der Waals surface area (Å²) in [5.41, 5.74) is -0.472. The first kappa shape index (κ1) is 20.8. The Morgan fingerprint density at radius 3 is 2.69 bits per heavy atom. The Kier molecular flexibility index (Phi) is 6.18. The molecular formula is C17H15ClF4N6O. The zero-order valence-corrected chi connectivity index (χ0v) is 15.5. The van der Waals surface area contributed by atoms with Gasteiger partial charge in [0, 0.05) is 18.3 Å². The average molecular weight is 431 g/mol. The molecule has 0 aliphatic carbocycles. The molecule has 0 spiro atoms. The Morgan fingerprint density at radius 1 is 1.21 bits per heavy atom. The molecule has 3 aromatic rings. The van der Waals surface area contributed by atoms with E-state index < -0.39 is 17.6 Å². The lowest BCUT2D eigenvalue weighted by atomic mass is 10.1. The van der Waals surface area contributed by atoms with Crippen molar-refractivity contribution in [2.75, 3.05) is 17.2 Å². The standard InChI is InChI=1S/C17H15ClF4N6O/c18-13-8-24-16(26-12-7-25-28(9-12)3-4-29)27-15(13)23-6-10-1-2-11(5-14(10)19)17(20,21)22/h1-2,5,7-9,29H,3-4,6H2,(H2,23,24,26,27). The fourth-order valence-corrected chi connectivity index (χ4v) is 2.54. The number of halogens is 5. The predicted molar refractivity (Wildman–Crippen MR) is 98.4 cm³/mol. The summed E-state index contributed by atoms with van der Waals surface area (Å²) < 4.78 is 53.4. The van der Waals surface area contributed by atoms with Gasteiger partial charge in [-0.05, 0) is 12.1 Å². The molecule has 0 bridgehead atoms. The van der Waals surface area contributed by atoms with Crippen LogP contribution in [0.15, 0.2) is 36.8 Å². The van der Waals surface area contributed by atoms with Crippen LogP contribution >= 0.6 is 11.6 Å². The van der Waals surface area contributed by atoms with Crippen molar-refractivity contribution < 1.29 is 22.7 Å². The van der Waals surface area contributed by atoms with Gasteiger partial charge in [-0.2, -0.15) is 23.3 Å². The van der Waals surface area contributed by atoms with Crippen molar-refractivity contribution >= 4 is 29.1 Å². The summed E-state index contributed by atoms with van der Waals surface area (Å²) >= 11 is 6.03. The molecule has 0 unspecified atom stereocenters. The van der Waals surface area contributed by atoms with Gasteiger partial charge in [-0.1, -0.05) is 17.7 Å². The van der Waals surface area contributed by atoms with Gasteiger partial charge >= 0.3 is 6.18 Å². The van der Waals surface area contributed by atoms with Gasteiger partial charge in [-0.15, -0.1) is 0 Å². The van der Waals surface area contributed by atoms with E-state index in [-0.39, 0.29) is 35.5 Å². The van der Waals surface area contributed by atoms with E-state index in [4.69, 9.17) is 16.7 Å². The number of nitrogens with one attached hydrogen (secondary N) is 2. The Balaban J connectivity index is 1.70.